The number of nitrogens with one attached hydrogen (secondary N) is 1. The lowest BCUT2D eigenvalue weighted by atomic mass is 9.99. The van der Waals surface area contributed by atoms with Crippen molar-refractivity contribution in [2.75, 3.05) is 13.2 Å². The molecule has 2 aliphatic rings. The van der Waals surface area contributed by atoms with Crippen LogP contribution in [0.2, 0.25) is 5.02 Å². The summed E-state index contributed by atoms with van der Waals surface area (Å²) in [6.07, 6.45) is 9.01. The highest BCUT2D eigenvalue weighted by Crippen LogP contribution is 2.32. The van der Waals surface area contributed by atoms with E-state index in [-0.39, 0.29) is 30.6 Å². The molecule has 212 valence electrons. The van der Waals surface area contributed by atoms with Gasteiger partial charge < -0.3 is 15.0 Å². The number of likely N-dealkylation sites (tertiary alicyclic amines) is 1. The van der Waals surface area contributed by atoms with Crippen LogP contribution >= 0.6 is 11.6 Å². The zero-order valence-corrected chi connectivity index (χ0v) is 23.9. The van der Waals surface area contributed by atoms with Crippen LogP contribution in [0.3, 0.4) is 0 Å². The molecular formula is C32H34ClN5O3. The Bertz CT molecular complexity index is 1560. The van der Waals surface area contributed by atoms with Crippen molar-refractivity contribution < 1.29 is 14.3 Å². The fraction of sp³-hybridized carbons (Fsp3) is 0.375. The van der Waals surface area contributed by atoms with Crippen LogP contribution in [0.4, 0.5) is 0 Å². The van der Waals surface area contributed by atoms with Gasteiger partial charge in [0.1, 0.15) is 0 Å². The van der Waals surface area contributed by atoms with Gasteiger partial charge in [0.25, 0.3) is 5.91 Å². The van der Waals surface area contributed by atoms with Crippen LogP contribution in [0.15, 0.2) is 60.9 Å². The van der Waals surface area contributed by atoms with E-state index in [2.05, 4.69) is 34.6 Å². The minimum atomic E-state index is -0.209. The van der Waals surface area contributed by atoms with E-state index in [0.717, 1.165) is 73.0 Å². The molecule has 2 aromatic carbocycles. The lowest BCUT2D eigenvalue weighted by Gasteiger charge is -2.23. The van der Waals surface area contributed by atoms with Crippen LogP contribution in [0.5, 0.6) is 0 Å². The third-order valence-electron chi connectivity index (χ3n) is 8.08. The highest BCUT2D eigenvalue weighted by Gasteiger charge is 2.27. The number of fused-ring (bicyclic) bond motifs is 1. The molecule has 2 aliphatic heterocycles. The number of amides is 2. The van der Waals surface area contributed by atoms with Crippen LogP contribution in [0, 0.1) is 0 Å². The average molecular weight is 572 g/mol. The van der Waals surface area contributed by atoms with Crippen molar-refractivity contribution in [3.63, 3.8) is 0 Å². The Morgan fingerprint density at radius 3 is 2.66 bits per heavy atom. The molecule has 0 aliphatic carbocycles. The second kappa shape index (κ2) is 12.0. The van der Waals surface area contributed by atoms with Gasteiger partial charge in [-0.3, -0.25) is 14.6 Å². The summed E-state index contributed by atoms with van der Waals surface area (Å²) in [5, 5.41) is 9.37. The molecule has 2 atom stereocenters. The summed E-state index contributed by atoms with van der Waals surface area (Å²) in [6, 6.07) is 16.2. The first-order valence-electron chi connectivity index (χ1n) is 14.3. The molecule has 41 heavy (non-hydrogen) atoms. The zero-order valence-electron chi connectivity index (χ0n) is 23.2. The van der Waals surface area contributed by atoms with Gasteiger partial charge >= 0.3 is 0 Å². The fourth-order valence-electron chi connectivity index (χ4n) is 6.00. The highest BCUT2D eigenvalue weighted by atomic mass is 35.5. The summed E-state index contributed by atoms with van der Waals surface area (Å²) in [5.41, 5.74) is 5.44. The second-order valence-electron chi connectivity index (χ2n) is 10.9. The molecule has 2 saturated heterocycles. The minimum absolute atomic E-state index is 0.113. The predicted molar refractivity (Wildman–Crippen MR) is 158 cm³/mol. The Hall–Kier alpha value is -3.75. The lowest BCUT2D eigenvalue weighted by Crippen LogP contribution is -2.27. The Labute approximate surface area is 244 Å². The summed E-state index contributed by atoms with van der Waals surface area (Å²) in [7, 11) is 0. The summed E-state index contributed by atoms with van der Waals surface area (Å²) >= 11 is 6.31. The molecule has 0 saturated carbocycles. The van der Waals surface area contributed by atoms with E-state index in [9.17, 15) is 9.59 Å². The molecule has 2 amide bonds. The van der Waals surface area contributed by atoms with Crippen LogP contribution in [0.1, 0.15) is 84.0 Å². The normalized spacial score (nSPS) is 19.0. The van der Waals surface area contributed by atoms with Crippen LogP contribution in [0.25, 0.3) is 10.9 Å². The molecule has 4 heterocycles. The molecule has 0 radical (unpaired) electrons. The van der Waals surface area contributed by atoms with Gasteiger partial charge in [0.05, 0.1) is 29.4 Å². The topological polar surface area (TPSA) is 89.4 Å². The maximum absolute atomic E-state index is 13.1. The van der Waals surface area contributed by atoms with Crippen LogP contribution in [-0.4, -0.2) is 44.6 Å². The van der Waals surface area contributed by atoms with Crippen molar-refractivity contribution in [1.82, 2.24) is 25.0 Å². The number of ether oxygens (including phenoxy) is 1. The molecule has 9 heteroatoms. The summed E-state index contributed by atoms with van der Waals surface area (Å²) in [5.74, 6) is -0.0831. The number of nitrogens with zero attached hydrogens (tertiary/aromatic N) is 4. The smallest absolute Gasteiger partial charge is 0.253 e. The van der Waals surface area contributed by atoms with Crippen molar-refractivity contribution in [2.24, 2.45) is 0 Å². The number of pyridine rings is 1. The van der Waals surface area contributed by atoms with E-state index in [1.807, 2.05) is 33.8 Å². The number of halogens is 1. The largest absolute Gasteiger partial charge is 0.356 e. The van der Waals surface area contributed by atoms with Gasteiger partial charge in [-0.1, -0.05) is 35.9 Å². The van der Waals surface area contributed by atoms with E-state index < -0.39 is 0 Å². The minimum Gasteiger partial charge on any atom is -0.356 e. The molecule has 0 bridgehead atoms. The van der Waals surface area contributed by atoms with Crippen LogP contribution in [-0.2, 0) is 22.5 Å². The monoisotopic (exact) mass is 571 g/mol. The number of benzene rings is 2. The Balaban J connectivity index is 1.13. The number of hydrogen-bond donors (Lipinski definition) is 1. The molecule has 4 aromatic rings. The molecule has 8 nitrogen and oxygen atoms in total. The number of rotatable bonds is 7. The van der Waals surface area contributed by atoms with Crippen LogP contribution < -0.4 is 5.32 Å². The zero-order chi connectivity index (χ0) is 28.3. The number of carbonyl (C=O) groups is 2. The van der Waals surface area contributed by atoms with Gasteiger partial charge in [-0.05, 0) is 79.5 Å². The van der Waals surface area contributed by atoms with Gasteiger partial charge in [0.15, 0.2) is 6.23 Å². The molecule has 2 aromatic heterocycles. The van der Waals surface area contributed by atoms with Gasteiger partial charge in [0, 0.05) is 42.9 Å². The molecule has 0 spiro atoms. The SMILES string of the molecule is CC(=O)N1CCCC1c1ccc(Cc2cncc(C(=O)NCc3nn(C4CCCCO4)c4ccc(Cl)cc34)c2)cc1. The molecule has 2 fully saturated rings. The maximum Gasteiger partial charge on any atom is 0.253 e. The molecule has 6 rings (SSSR count). The Morgan fingerprint density at radius 2 is 1.88 bits per heavy atom. The summed E-state index contributed by atoms with van der Waals surface area (Å²) in [4.78, 5) is 31.4. The van der Waals surface area contributed by atoms with E-state index >= 15 is 0 Å². The summed E-state index contributed by atoms with van der Waals surface area (Å²) < 4.78 is 7.90. The highest BCUT2D eigenvalue weighted by molar-refractivity contribution is 6.31. The second-order valence-corrected chi connectivity index (χ2v) is 11.4. The van der Waals surface area contributed by atoms with E-state index in [1.54, 1.807) is 19.3 Å². The van der Waals surface area contributed by atoms with Crippen molar-refractivity contribution in [3.8, 4) is 0 Å². The van der Waals surface area contributed by atoms with E-state index in [1.165, 1.54) is 5.56 Å². The van der Waals surface area contributed by atoms with E-state index in [4.69, 9.17) is 21.4 Å². The number of carbonyl (C=O) groups excluding carboxylic acids is 2. The summed E-state index contributed by atoms with van der Waals surface area (Å²) in [6.45, 7) is 3.44. The third-order valence-corrected chi connectivity index (χ3v) is 8.31. The predicted octanol–water partition coefficient (Wildman–Crippen LogP) is 5.99. The van der Waals surface area contributed by atoms with Gasteiger partial charge in [0.2, 0.25) is 5.91 Å². The molecule has 2 unspecified atom stereocenters. The van der Waals surface area contributed by atoms with Crippen molar-refractivity contribution >= 4 is 34.3 Å². The Morgan fingerprint density at radius 1 is 1.02 bits per heavy atom. The Kier molecular flexibility index (Phi) is 8.03. The maximum atomic E-state index is 13.1. The third kappa shape index (κ3) is 5.99. The lowest BCUT2D eigenvalue weighted by molar-refractivity contribution is -0.129. The van der Waals surface area contributed by atoms with Crippen molar-refractivity contribution in [1.29, 1.82) is 0 Å². The number of aromatic nitrogens is 3. The fourth-order valence-corrected chi connectivity index (χ4v) is 6.17. The quantitative estimate of drug-likeness (QED) is 0.294. The first kappa shape index (κ1) is 27.4. The van der Waals surface area contributed by atoms with Gasteiger partial charge in [-0.15, -0.1) is 0 Å². The van der Waals surface area contributed by atoms with Crippen molar-refractivity contribution in [2.45, 2.75) is 64.3 Å². The number of hydrogen-bond acceptors (Lipinski definition) is 5. The molecular weight excluding hydrogens is 538 g/mol. The first-order chi connectivity index (χ1) is 20.0. The van der Waals surface area contributed by atoms with Crippen molar-refractivity contribution in [3.05, 3.63) is 93.9 Å². The van der Waals surface area contributed by atoms with E-state index in [0.29, 0.717) is 17.0 Å². The average Bonchev–Trinajstić information content (AvgIpc) is 3.62. The molecule has 1 N–H and O–H groups in total. The van der Waals surface area contributed by atoms with Gasteiger partial charge in [-0.2, -0.15) is 5.10 Å². The van der Waals surface area contributed by atoms with Gasteiger partial charge in [-0.25, -0.2) is 4.68 Å². The first-order valence-corrected chi connectivity index (χ1v) is 14.7. The standard InChI is InChI=1S/C32H34ClN5O3/c1-21(39)37-13-4-5-29(37)24-9-7-22(8-10-24)15-23-16-25(19-34-18-23)32(40)35-20-28-27-17-26(33)11-12-30(27)38(36-28)31-6-2-3-14-41-31/h7-12,16-19,29,31H,2-6,13-15,20H2,1H3,(H,35,40).